The van der Waals surface area contributed by atoms with Crippen molar-refractivity contribution in [2.24, 2.45) is 0 Å². The number of rotatable bonds is 4. The number of carboxylic acid groups (broad SMARTS) is 1. The minimum atomic E-state index is -1.08. The predicted molar refractivity (Wildman–Crippen MR) is 66.0 cm³/mol. The zero-order valence-corrected chi connectivity index (χ0v) is 10.1. The largest absolute Gasteiger partial charge is 0.508 e. The third-order valence-corrected chi connectivity index (χ3v) is 2.65. The third kappa shape index (κ3) is 2.92. The van der Waals surface area contributed by atoms with Gasteiger partial charge in [-0.3, -0.25) is 0 Å². The summed E-state index contributed by atoms with van der Waals surface area (Å²) < 4.78 is 10.1. The highest BCUT2D eigenvalue weighted by Crippen LogP contribution is 2.22. The maximum atomic E-state index is 11.4. The summed E-state index contributed by atoms with van der Waals surface area (Å²) in [5.41, 5.74) is 0.160. The minimum Gasteiger partial charge on any atom is -0.508 e. The molecule has 0 radical (unpaired) electrons. The molecule has 6 nitrogen and oxygen atoms in total. The molecule has 0 aliphatic rings. The molecule has 0 aliphatic heterocycles. The number of aliphatic carboxylic acids is 1. The Balaban J connectivity index is 2.37. The lowest BCUT2D eigenvalue weighted by molar-refractivity contribution is -0.149. The molecule has 100 valence electrons. The van der Waals surface area contributed by atoms with Gasteiger partial charge in [0.1, 0.15) is 11.3 Å². The molecule has 0 amide bonds. The van der Waals surface area contributed by atoms with E-state index in [-0.39, 0.29) is 17.9 Å². The van der Waals surface area contributed by atoms with Crippen LogP contribution in [-0.2, 0) is 16.1 Å². The Bertz CT molecular complexity index is 672. The van der Waals surface area contributed by atoms with Crippen molar-refractivity contribution in [1.29, 1.82) is 0 Å². The molecular weight excluding hydrogens is 252 g/mol. The van der Waals surface area contributed by atoms with Gasteiger partial charge in [0.05, 0.1) is 6.61 Å². The number of ether oxygens (including phenoxy) is 1. The zero-order chi connectivity index (χ0) is 14.0. The maximum absolute atomic E-state index is 11.4. The lowest BCUT2D eigenvalue weighted by Gasteiger charge is -2.09. The van der Waals surface area contributed by atoms with E-state index in [0.717, 1.165) is 0 Å². The first-order chi connectivity index (χ1) is 8.97. The van der Waals surface area contributed by atoms with Crippen LogP contribution in [-0.4, -0.2) is 22.3 Å². The molecule has 1 aromatic heterocycles. The van der Waals surface area contributed by atoms with Crippen molar-refractivity contribution in [1.82, 2.24) is 0 Å². The molecule has 0 saturated carbocycles. The number of carbonyl (C=O) groups is 1. The summed E-state index contributed by atoms with van der Waals surface area (Å²) in [6.45, 7) is 1.38. The summed E-state index contributed by atoms with van der Waals surface area (Å²) in [6.07, 6.45) is -0.973. The second kappa shape index (κ2) is 5.11. The topological polar surface area (TPSA) is 97.0 Å². The van der Waals surface area contributed by atoms with Crippen LogP contribution in [0.1, 0.15) is 12.5 Å². The second-order valence-electron chi connectivity index (χ2n) is 4.06. The van der Waals surface area contributed by atoms with Crippen molar-refractivity contribution in [3.63, 3.8) is 0 Å². The van der Waals surface area contributed by atoms with Crippen molar-refractivity contribution in [2.45, 2.75) is 19.6 Å². The minimum absolute atomic E-state index is 0.0207. The van der Waals surface area contributed by atoms with Crippen LogP contribution in [0.3, 0.4) is 0 Å². The molecule has 1 atom stereocenters. The predicted octanol–water partition coefficient (Wildman–Crippen LogP) is 1.49. The highest BCUT2D eigenvalue weighted by atomic mass is 16.5. The molecule has 0 spiro atoms. The lowest BCUT2D eigenvalue weighted by Crippen LogP contribution is -2.19. The standard InChI is InChI=1S/C13H12O6/c1-7(13(16)17)18-6-8-4-12(15)19-11-5-9(14)2-3-10(8)11/h2-5,7,14H,6H2,1H3,(H,16,17)/t7-/m1/s1. The van der Waals surface area contributed by atoms with Gasteiger partial charge in [0.15, 0.2) is 6.10 Å². The Labute approximate surface area is 107 Å². The van der Waals surface area contributed by atoms with Gasteiger partial charge in [0, 0.05) is 17.5 Å². The van der Waals surface area contributed by atoms with Gasteiger partial charge in [-0.25, -0.2) is 9.59 Å². The Morgan fingerprint density at radius 3 is 2.84 bits per heavy atom. The number of aromatic hydroxyl groups is 1. The van der Waals surface area contributed by atoms with Crippen LogP contribution in [0.4, 0.5) is 0 Å². The van der Waals surface area contributed by atoms with Gasteiger partial charge in [-0.05, 0) is 24.6 Å². The number of fused-ring (bicyclic) bond motifs is 1. The molecule has 0 unspecified atom stereocenters. The van der Waals surface area contributed by atoms with Crippen LogP contribution in [0.15, 0.2) is 33.5 Å². The number of benzene rings is 1. The van der Waals surface area contributed by atoms with Gasteiger partial charge in [-0.2, -0.15) is 0 Å². The molecule has 0 bridgehead atoms. The Kier molecular flexibility index (Phi) is 3.52. The van der Waals surface area contributed by atoms with E-state index in [1.54, 1.807) is 6.07 Å². The van der Waals surface area contributed by atoms with E-state index in [1.165, 1.54) is 25.1 Å². The molecular formula is C13H12O6. The van der Waals surface area contributed by atoms with E-state index >= 15 is 0 Å². The van der Waals surface area contributed by atoms with E-state index in [9.17, 15) is 14.7 Å². The number of hydrogen-bond acceptors (Lipinski definition) is 5. The fourth-order valence-corrected chi connectivity index (χ4v) is 1.62. The summed E-state index contributed by atoms with van der Waals surface area (Å²) in [7, 11) is 0. The average molecular weight is 264 g/mol. The van der Waals surface area contributed by atoms with E-state index < -0.39 is 17.7 Å². The van der Waals surface area contributed by atoms with Gasteiger partial charge >= 0.3 is 11.6 Å². The number of carboxylic acids is 1. The molecule has 0 saturated heterocycles. The molecule has 1 heterocycles. The molecule has 0 aliphatic carbocycles. The van der Waals surface area contributed by atoms with Crippen LogP contribution in [0.2, 0.25) is 0 Å². The number of phenolic OH excluding ortho intramolecular Hbond substituents is 1. The number of phenols is 1. The first-order valence-corrected chi connectivity index (χ1v) is 5.57. The molecule has 2 rings (SSSR count). The van der Waals surface area contributed by atoms with Crippen molar-refractivity contribution >= 4 is 16.9 Å². The van der Waals surface area contributed by atoms with Crippen molar-refractivity contribution < 1.29 is 24.2 Å². The molecule has 6 heteroatoms. The molecule has 1 aromatic carbocycles. The highest BCUT2D eigenvalue weighted by molar-refractivity contribution is 5.81. The van der Waals surface area contributed by atoms with Crippen LogP contribution in [0, 0.1) is 0 Å². The summed E-state index contributed by atoms with van der Waals surface area (Å²) >= 11 is 0. The van der Waals surface area contributed by atoms with Crippen molar-refractivity contribution in [3.8, 4) is 5.75 Å². The summed E-state index contributed by atoms with van der Waals surface area (Å²) in [5, 5.41) is 18.7. The SMILES string of the molecule is C[C@@H](OCc1cc(=O)oc2cc(O)ccc12)C(=O)O. The summed E-state index contributed by atoms with van der Waals surface area (Å²) in [6, 6.07) is 5.60. The van der Waals surface area contributed by atoms with Gasteiger partial charge in [0.25, 0.3) is 0 Å². The van der Waals surface area contributed by atoms with Gasteiger partial charge in [-0.1, -0.05) is 0 Å². The van der Waals surface area contributed by atoms with Gasteiger partial charge in [0.2, 0.25) is 0 Å². The van der Waals surface area contributed by atoms with Gasteiger partial charge in [-0.15, -0.1) is 0 Å². The Hall–Kier alpha value is -2.34. The van der Waals surface area contributed by atoms with E-state index in [4.69, 9.17) is 14.3 Å². The fourth-order valence-electron chi connectivity index (χ4n) is 1.62. The Morgan fingerprint density at radius 2 is 2.16 bits per heavy atom. The van der Waals surface area contributed by atoms with Crippen LogP contribution < -0.4 is 5.63 Å². The van der Waals surface area contributed by atoms with Crippen LogP contribution in [0.25, 0.3) is 11.0 Å². The number of hydrogen-bond donors (Lipinski definition) is 2. The van der Waals surface area contributed by atoms with Crippen molar-refractivity contribution in [3.05, 3.63) is 40.2 Å². The fraction of sp³-hybridized carbons (Fsp3) is 0.231. The first-order valence-electron chi connectivity index (χ1n) is 5.57. The molecule has 19 heavy (non-hydrogen) atoms. The first kappa shape index (κ1) is 13.1. The second-order valence-corrected chi connectivity index (χ2v) is 4.06. The van der Waals surface area contributed by atoms with Crippen LogP contribution in [0.5, 0.6) is 5.75 Å². The van der Waals surface area contributed by atoms with E-state index in [2.05, 4.69) is 0 Å². The molecule has 2 N–H and O–H groups in total. The normalized spacial score (nSPS) is 12.5. The molecule has 0 fully saturated rings. The quantitative estimate of drug-likeness (QED) is 0.812. The Morgan fingerprint density at radius 1 is 1.42 bits per heavy atom. The third-order valence-electron chi connectivity index (χ3n) is 2.65. The van der Waals surface area contributed by atoms with Crippen molar-refractivity contribution in [2.75, 3.05) is 0 Å². The monoisotopic (exact) mass is 264 g/mol. The molecule has 2 aromatic rings. The van der Waals surface area contributed by atoms with E-state index in [1.807, 2.05) is 0 Å². The average Bonchev–Trinajstić information content (AvgIpc) is 2.34. The zero-order valence-electron chi connectivity index (χ0n) is 10.1. The summed E-state index contributed by atoms with van der Waals surface area (Å²) in [5.74, 6) is -1.10. The maximum Gasteiger partial charge on any atom is 0.336 e. The summed E-state index contributed by atoms with van der Waals surface area (Å²) in [4.78, 5) is 22.0. The lowest BCUT2D eigenvalue weighted by atomic mass is 10.1. The highest BCUT2D eigenvalue weighted by Gasteiger charge is 2.13. The van der Waals surface area contributed by atoms with Crippen LogP contribution >= 0.6 is 0 Å². The van der Waals surface area contributed by atoms with E-state index in [0.29, 0.717) is 10.9 Å². The van der Waals surface area contributed by atoms with Gasteiger partial charge < -0.3 is 19.4 Å². The smallest absolute Gasteiger partial charge is 0.336 e.